The molecule has 0 spiro atoms. The Balaban J connectivity index is 1.94. The van der Waals surface area contributed by atoms with E-state index < -0.39 is 0 Å². The normalized spacial score (nSPS) is 11.2. The predicted molar refractivity (Wildman–Crippen MR) is 124 cm³/mol. The number of aromatic nitrogens is 1. The van der Waals surface area contributed by atoms with Gasteiger partial charge in [0.1, 0.15) is 11.1 Å². The molecule has 0 amide bonds. The molecule has 30 heavy (non-hydrogen) atoms. The molecule has 0 aliphatic rings. The summed E-state index contributed by atoms with van der Waals surface area (Å²) >= 11 is 13.8. The van der Waals surface area contributed by atoms with Crippen LogP contribution in [0.25, 0.3) is 22.9 Å². The highest BCUT2D eigenvalue weighted by Gasteiger charge is 2.14. The number of halogens is 2. The molecule has 3 aromatic rings. The van der Waals surface area contributed by atoms with E-state index in [0.717, 1.165) is 23.2 Å². The molecule has 154 valence electrons. The lowest BCUT2D eigenvalue weighted by molar-refractivity contribution is 0.277. The van der Waals surface area contributed by atoms with Crippen LogP contribution in [0.15, 0.2) is 41.8 Å². The Hall–Kier alpha value is -2.52. The minimum atomic E-state index is 0.443. The van der Waals surface area contributed by atoms with Crippen LogP contribution in [0, 0.1) is 11.3 Å². The van der Waals surface area contributed by atoms with Crippen molar-refractivity contribution < 1.29 is 9.47 Å². The van der Waals surface area contributed by atoms with E-state index in [9.17, 15) is 5.26 Å². The van der Waals surface area contributed by atoms with E-state index in [1.165, 1.54) is 11.3 Å². The quantitative estimate of drug-likeness (QED) is 0.330. The first-order valence-electron chi connectivity index (χ1n) is 9.48. The van der Waals surface area contributed by atoms with Crippen molar-refractivity contribution in [1.82, 2.24) is 4.98 Å². The van der Waals surface area contributed by atoms with Crippen LogP contribution >= 0.6 is 34.5 Å². The van der Waals surface area contributed by atoms with Crippen LogP contribution in [-0.2, 0) is 0 Å². The smallest absolute Gasteiger partial charge is 0.179 e. The average molecular weight is 459 g/mol. The summed E-state index contributed by atoms with van der Waals surface area (Å²) in [6.45, 7) is 4.95. The number of hydrogen-bond donors (Lipinski definition) is 0. The third kappa shape index (κ3) is 5.34. The van der Waals surface area contributed by atoms with Crippen LogP contribution in [-0.4, -0.2) is 18.2 Å². The molecular formula is C23H20Cl2N2O2S. The highest BCUT2D eigenvalue weighted by molar-refractivity contribution is 7.11. The van der Waals surface area contributed by atoms with E-state index in [2.05, 4.69) is 11.1 Å². The van der Waals surface area contributed by atoms with Gasteiger partial charge in [0.15, 0.2) is 11.5 Å². The summed E-state index contributed by atoms with van der Waals surface area (Å²) in [5.41, 5.74) is 2.93. The number of nitriles is 1. The Morgan fingerprint density at radius 1 is 1.17 bits per heavy atom. The second-order valence-corrected chi connectivity index (χ2v) is 8.03. The molecule has 1 heterocycles. The van der Waals surface area contributed by atoms with Crippen LogP contribution in [0.4, 0.5) is 0 Å². The summed E-state index contributed by atoms with van der Waals surface area (Å²) in [5, 5.41) is 13.4. The van der Waals surface area contributed by atoms with E-state index >= 15 is 0 Å². The standard InChI is InChI=1S/C23H20Cl2N2O2S/c1-3-9-29-22-19(25)11-15(12-21(22)28-4-2)10-17(13-26)23-27-20(14-30-23)16-5-7-18(24)8-6-16/h5-8,10-12,14H,3-4,9H2,1-2H3/b17-10-. The number of allylic oxidation sites excluding steroid dienone is 1. The number of benzene rings is 2. The van der Waals surface area contributed by atoms with Gasteiger partial charge in [0.2, 0.25) is 0 Å². The van der Waals surface area contributed by atoms with Gasteiger partial charge in [-0.1, -0.05) is 42.3 Å². The third-order valence-corrected chi connectivity index (χ3v) is 5.50. The van der Waals surface area contributed by atoms with Gasteiger partial charge in [-0.15, -0.1) is 11.3 Å². The molecular weight excluding hydrogens is 439 g/mol. The molecule has 0 saturated heterocycles. The monoisotopic (exact) mass is 458 g/mol. The first-order chi connectivity index (χ1) is 14.5. The first-order valence-corrected chi connectivity index (χ1v) is 11.1. The summed E-state index contributed by atoms with van der Waals surface area (Å²) in [6, 6.07) is 13.3. The summed E-state index contributed by atoms with van der Waals surface area (Å²) in [7, 11) is 0. The summed E-state index contributed by atoms with van der Waals surface area (Å²) in [4.78, 5) is 4.61. The Kier molecular flexibility index (Phi) is 7.75. The Labute approximate surface area is 190 Å². The van der Waals surface area contributed by atoms with Gasteiger partial charge in [-0.05, 0) is 49.2 Å². The number of thiazole rings is 1. The molecule has 0 atom stereocenters. The van der Waals surface area contributed by atoms with Crippen LogP contribution in [0.2, 0.25) is 10.0 Å². The van der Waals surface area contributed by atoms with Crippen molar-refractivity contribution in [1.29, 1.82) is 5.26 Å². The Morgan fingerprint density at radius 3 is 2.60 bits per heavy atom. The van der Waals surface area contributed by atoms with Crippen molar-refractivity contribution >= 4 is 46.2 Å². The van der Waals surface area contributed by atoms with Crippen LogP contribution < -0.4 is 9.47 Å². The number of ether oxygens (including phenoxy) is 2. The van der Waals surface area contributed by atoms with Gasteiger partial charge in [-0.2, -0.15) is 5.26 Å². The Morgan fingerprint density at radius 2 is 1.93 bits per heavy atom. The van der Waals surface area contributed by atoms with Gasteiger partial charge in [0.05, 0.1) is 29.5 Å². The fourth-order valence-corrected chi connectivity index (χ4v) is 3.93. The fraction of sp³-hybridized carbons (Fsp3) is 0.217. The largest absolute Gasteiger partial charge is 0.490 e. The lowest BCUT2D eigenvalue weighted by Gasteiger charge is -2.14. The van der Waals surface area contributed by atoms with Gasteiger partial charge >= 0.3 is 0 Å². The van der Waals surface area contributed by atoms with E-state index in [4.69, 9.17) is 32.7 Å². The molecule has 0 bridgehead atoms. The molecule has 3 rings (SSSR count). The van der Waals surface area contributed by atoms with E-state index in [1.807, 2.05) is 49.6 Å². The van der Waals surface area contributed by atoms with Crippen molar-refractivity contribution in [2.24, 2.45) is 0 Å². The topological polar surface area (TPSA) is 55.1 Å². The van der Waals surface area contributed by atoms with Gasteiger partial charge in [-0.3, -0.25) is 0 Å². The van der Waals surface area contributed by atoms with E-state index in [-0.39, 0.29) is 0 Å². The first kappa shape index (κ1) is 22.2. The molecule has 2 aromatic carbocycles. The van der Waals surface area contributed by atoms with Crippen molar-refractivity contribution in [3.8, 4) is 28.8 Å². The molecule has 0 aliphatic heterocycles. The maximum absolute atomic E-state index is 9.71. The van der Waals surface area contributed by atoms with Crippen LogP contribution in [0.3, 0.4) is 0 Å². The molecule has 0 N–H and O–H groups in total. The minimum absolute atomic E-state index is 0.443. The minimum Gasteiger partial charge on any atom is -0.490 e. The van der Waals surface area contributed by atoms with Crippen LogP contribution in [0.5, 0.6) is 11.5 Å². The molecule has 0 aliphatic carbocycles. The van der Waals surface area contributed by atoms with E-state index in [1.54, 1.807) is 12.1 Å². The van der Waals surface area contributed by atoms with Crippen molar-refractivity contribution in [2.75, 3.05) is 13.2 Å². The molecule has 1 aromatic heterocycles. The van der Waals surface area contributed by atoms with Gasteiger partial charge < -0.3 is 9.47 Å². The maximum atomic E-state index is 9.71. The third-order valence-electron chi connectivity index (χ3n) is 4.09. The van der Waals surface area contributed by atoms with Gasteiger partial charge in [0, 0.05) is 16.0 Å². The second kappa shape index (κ2) is 10.5. The van der Waals surface area contributed by atoms with Crippen molar-refractivity contribution in [3.63, 3.8) is 0 Å². The second-order valence-electron chi connectivity index (χ2n) is 6.33. The number of rotatable bonds is 8. The van der Waals surface area contributed by atoms with Gasteiger partial charge in [0.25, 0.3) is 0 Å². The van der Waals surface area contributed by atoms with Gasteiger partial charge in [-0.25, -0.2) is 4.98 Å². The van der Waals surface area contributed by atoms with Crippen LogP contribution in [0.1, 0.15) is 30.8 Å². The molecule has 0 saturated carbocycles. The highest BCUT2D eigenvalue weighted by Crippen LogP contribution is 2.38. The Bertz CT molecular complexity index is 1090. The molecule has 0 unspecified atom stereocenters. The molecule has 4 nitrogen and oxygen atoms in total. The lowest BCUT2D eigenvalue weighted by atomic mass is 10.1. The predicted octanol–water partition coefficient (Wildman–Crippen LogP) is 7.37. The maximum Gasteiger partial charge on any atom is 0.179 e. The summed E-state index contributed by atoms with van der Waals surface area (Å²) < 4.78 is 11.4. The summed E-state index contributed by atoms with van der Waals surface area (Å²) in [6.07, 6.45) is 2.62. The lowest BCUT2D eigenvalue weighted by Crippen LogP contribution is -2.01. The zero-order valence-electron chi connectivity index (χ0n) is 16.6. The zero-order chi connectivity index (χ0) is 21.5. The fourth-order valence-electron chi connectivity index (χ4n) is 2.74. The molecule has 7 heteroatoms. The zero-order valence-corrected chi connectivity index (χ0v) is 18.9. The van der Waals surface area contributed by atoms with Crippen molar-refractivity contribution in [3.05, 3.63) is 62.4 Å². The summed E-state index contributed by atoms with van der Waals surface area (Å²) in [5.74, 6) is 1.08. The van der Waals surface area contributed by atoms with E-state index in [0.29, 0.717) is 45.3 Å². The molecule has 0 radical (unpaired) electrons. The SMILES string of the molecule is CCCOc1c(Cl)cc(/C=C(/C#N)c2nc(-c3ccc(Cl)cc3)cs2)cc1OCC. The molecule has 0 fully saturated rings. The number of hydrogen-bond acceptors (Lipinski definition) is 5. The highest BCUT2D eigenvalue weighted by atomic mass is 35.5. The average Bonchev–Trinajstić information content (AvgIpc) is 3.22. The van der Waals surface area contributed by atoms with Crippen molar-refractivity contribution in [2.45, 2.75) is 20.3 Å². The number of nitrogens with zero attached hydrogens (tertiary/aromatic N) is 2.